The van der Waals surface area contributed by atoms with E-state index in [0.29, 0.717) is 33.2 Å². The second kappa shape index (κ2) is 8.80. The van der Waals surface area contributed by atoms with Crippen molar-refractivity contribution in [1.82, 2.24) is 10.6 Å². The molecule has 29 heavy (non-hydrogen) atoms. The maximum absolute atomic E-state index is 12.8. The molecule has 0 spiro atoms. The van der Waals surface area contributed by atoms with Gasteiger partial charge in [-0.15, -0.1) is 11.3 Å². The number of hydrogen-bond donors (Lipinski definition) is 5. The molecule has 6 N–H and O–H groups in total. The first-order valence-electron chi connectivity index (χ1n) is 9.01. The number of carbonyl (C=O) groups excluding carboxylic acids is 2. The molecule has 1 fully saturated rings. The van der Waals surface area contributed by atoms with Crippen LogP contribution in [0, 0.1) is 0 Å². The van der Waals surface area contributed by atoms with Gasteiger partial charge in [0.05, 0.1) is 11.9 Å². The van der Waals surface area contributed by atoms with Gasteiger partial charge in [-0.25, -0.2) is 13.2 Å². The first-order chi connectivity index (χ1) is 13.7. The van der Waals surface area contributed by atoms with Crippen molar-refractivity contribution in [1.29, 1.82) is 0 Å². The number of carbonyl (C=O) groups is 2. The van der Waals surface area contributed by atoms with E-state index < -0.39 is 16.1 Å². The van der Waals surface area contributed by atoms with Crippen molar-refractivity contribution in [3.63, 3.8) is 0 Å². The molecule has 0 aliphatic carbocycles. The van der Waals surface area contributed by atoms with Crippen LogP contribution in [-0.2, 0) is 10.0 Å². The molecule has 0 radical (unpaired) electrons. The van der Waals surface area contributed by atoms with Crippen LogP contribution in [-0.4, -0.2) is 45.7 Å². The first-order valence-corrected chi connectivity index (χ1v) is 11.7. The third-order valence-corrected chi connectivity index (χ3v) is 6.07. The van der Waals surface area contributed by atoms with E-state index in [1.807, 2.05) is 0 Å². The molecule has 2 aromatic rings. The van der Waals surface area contributed by atoms with E-state index in [4.69, 9.17) is 5.73 Å². The Kier molecular flexibility index (Phi) is 6.40. The molecular weight excluding hydrogens is 414 g/mol. The normalized spacial score (nSPS) is 16.8. The van der Waals surface area contributed by atoms with Crippen molar-refractivity contribution >= 4 is 44.7 Å². The number of hydrogen-bond acceptors (Lipinski definition) is 6. The summed E-state index contributed by atoms with van der Waals surface area (Å²) in [6.45, 7) is 1.63. The molecule has 0 saturated carbocycles. The molecule has 1 aliphatic rings. The van der Waals surface area contributed by atoms with Crippen LogP contribution in [0.5, 0.6) is 0 Å². The third kappa shape index (κ3) is 5.92. The molecule has 0 bridgehead atoms. The Bertz CT molecular complexity index is 1010. The van der Waals surface area contributed by atoms with Crippen molar-refractivity contribution < 1.29 is 18.0 Å². The smallest absolute Gasteiger partial charge is 0.316 e. The molecular formula is C18H23N5O4S2. The molecule has 2 heterocycles. The van der Waals surface area contributed by atoms with E-state index >= 15 is 0 Å². The maximum Gasteiger partial charge on any atom is 0.316 e. The minimum Gasteiger partial charge on any atom is -0.351 e. The summed E-state index contributed by atoms with van der Waals surface area (Å²) in [5.74, 6) is -0.288. The number of primary amides is 1. The molecule has 156 valence electrons. The Morgan fingerprint density at radius 3 is 2.72 bits per heavy atom. The molecule has 1 aromatic heterocycles. The lowest BCUT2D eigenvalue weighted by Gasteiger charge is -2.23. The molecule has 0 unspecified atom stereocenters. The van der Waals surface area contributed by atoms with Crippen LogP contribution < -0.4 is 26.4 Å². The molecule has 1 atom stereocenters. The Morgan fingerprint density at radius 2 is 2.07 bits per heavy atom. The zero-order chi connectivity index (χ0) is 21.0. The molecule has 9 nitrogen and oxygen atoms in total. The third-order valence-electron chi connectivity index (χ3n) is 4.28. The summed E-state index contributed by atoms with van der Waals surface area (Å²) >= 11 is 1.20. The van der Waals surface area contributed by atoms with Crippen molar-refractivity contribution in [3.8, 4) is 10.4 Å². The molecule has 1 saturated heterocycles. The van der Waals surface area contributed by atoms with Gasteiger partial charge in [0.15, 0.2) is 0 Å². The summed E-state index contributed by atoms with van der Waals surface area (Å²) in [5.41, 5.74) is 6.68. The fourth-order valence-electron chi connectivity index (χ4n) is 3.10. The van der Waals surface area contributed by atoms with E-state index in [1.54, 1.807) is 30.3 Å². The maximum atomic E-state index is 12.8. The van der Waals surface area contributed by atoms with E-state index in [1.165, 1.54) is 11.3 Å². The van der Waals surface area contributed by atoms with Crippen LogP contribution in [0.25, 0.3) is 10.4 Å². The predicted molar refractivity (Wildman–Crippen MR) is 115 cm³/mol. The van der Waals surface area contributed by atoms with Crippen LogP contribution in [0.15, 0.2) is 30.3 Å². The number of sulfonamides is 1. The van der Waals surface area contributed by atoms with Gasteiger partial charge in [0.1, 0.15) is 4.88 Å². The van der Waals surface area contributed by atoms with E-state index in [-0.39, 0.29) is 11.9 Å². The van der Waals surface area contributed by atoms with Crippen molar-refractivity contribution in [2.45, 2.75) is 18.9 Å². The summed E-state index contributed by atoms with van der Waals surface area (Å²) in [7, 11) is -3.42. The summed E-state index contributed by atoms with van der Waals surface area (Å²) in [6.07, 6.45) is 2.93. The summed E-state index contributed by atoms with van der Waals surface area (Å²) in [6, 6.07) is 7.69. The number of nitrogens with two attached hydrogens (primary N) is 1. The monoisotopic (exact) mass is 437 g/mol. The molecule has 11 heteroatoms. The number of benzene rings is 1. The van der Waals surface area contributed by atoms with Gasteiger partial charge in [-0.2, -0.15) is 0 Å². The van der Waals surface area contributed by atoms with Gasteiger partial charge >= 0.3 is 6.03 Å². The molecule has 3 amide bonds. The zero-order valence-corrected chi connectivity index (χ0v) is 17.5. The Hall–Kier alpha value is -2.63. The highest BCUT2D eigenvalue weighted by molar-refractivity contribution is 7.92. The predicted octanol–water partition coefficient (Wildman–Crippen LogP) is 1.76. The van der Waals surface area contributed by atoms with Crippen LogP contribution in [0.2, 0.25) is 0 Å². The Labute approximate surface area is 173 Å². The van der Waals surface area contributed by atoms with Crippen LogP contribution in [0.4, 0.5) is 16.2 Å². The zero-order valence-electron chi connectivity index (χ0n) is 15.8. The standard InChI is InChI=1S/C18H23N5O4S2/c1-29(26,27)23-12-5-2-4-11(8-12)15-9-14(22-18(19)25)16(28-15)17(24)21-13-6-3-7-20-10-13/h2,4-5,8-9,13,20,23H,3,6-7,10H2,1H3,(H,21,24)(H3,19,22,25)/t13-/m0/s1. The van der Waals surface area contributed by atoms with Crippen molar-refractivity contribution in [2.75, 3.05) is 29.4 Å². The first kappa shape index (κ1) is 21.1. The average molecular weight is 438 g/mol. The highest BCUT2D eigenvalue weighted by atomic mass is 32.2. The topological polar surface area (TPSA) is 142 Å². The van der Waals surface area contributed by atoms with Gasteiger partial charge in [-0.1, -0.05) is 12.1 Å². The van der Waals surface area contributed by atoms with Gasteiger partial charge in [-0.3, -0.25) is 9.52 Å². The largest absolute Gasteiger partial charge is 0.351 e. The lowest BCUT2D eigenvalue weighted by Crippen LogP contribution is -2.45. The lowest BCUT2D eigenvalue weighted by molar-refractivity contribution is 0.0935. The minimum atomic E-state index is -3.42. The Morgan fingerprint density at radius 1 is 1.28 bits per heavy atom. The van der Waals surface area contributed by atoms with E-state index in [9.17, 15) is 18.0 Å². The van der Waals surface area contributed by atoms with Crippen molar-refractivity contribution in [2.24, 2.45) is 5.73 Å². The van der Waals surface area contributed by atoms with Gasteiger partial charge in [0.2, 0.25) is 10.0 Å². The van der Waals surface area contributed by atoms with Crippen LogP contribution in [0.1, 0.15) is 22.5 Å². The van der Waals surface area contributed by atoms with Crippen LogP contribution >= 0.6 is 11.3 Å². The fraction of sp³-hybridized carbons (Fsp3) is 0.333. The van der Waals surface area contributed by atoms with Gasteiger partial charge in [0.25, 0.3) is 5.91 Å². The van der Waals surface area contributed by atoms with Gasteiger partial charge < -0.3 is 21.7 Å². The molecule has 1 aliphatic heterocycles. The van der Waals surface area contributed by atoms with Crippen molar-refractivity contribution in [3.05, 3.63) is 35.2 Å². The lowest BCUT2D eigenvalue weighted by atomic mass is 10.1. The summed E-state index contributed by atoms with van der Waals surface area (Å²) in [5, 5.41) is 8.71. The van der Waals surface area contributed by atoms with Gasteiger partial charge in [0, 0.05) is 23.2 Å². The quantitative estimate of drug-likeness (QED) is 0.468. The number of rotatable bonds is 6. The average Bonchev–Trinajstić information content (AvgIpc) is 3.04. The molecule has 1 aromatic carbocycles. The number of nitrogens with one attached hydrogen (secondary N) is 4. The highest BCUT2D eigenvalue weighted by Gasteiger charge is 2.22. The SMILES string of the molecule is CS(=O)(=O)Nc1cccc(-c2cc(NC(N)=O)c(C(=O)N[C@H]3CCCNC3)s2)c1. The van der Waals surface area contributed by atoms with E-state index in [2.05, 4.69) is 20.7 Å². The minimum absolute atomic E-state index is 0.0190. The molecule has 3 rings (SSSR count). The Balaban J connectivity index is 1.89. The fourth-order valence-corrected chi connectivity index (χ4v) is 4.67. The van der Waals surface area contributed by atoms with E-state index in [0.717, 1.165) is 25.6 Å². The second-order valence-electron chi connectivity index (χ2n) is 6.81. The van der Waals surface area contributed by atoms with Gasteiger partial charge in [-0.05, 0) is 43.1 Å². The second-order valence-corrected chi connectivity index (χ2v) is 9.62. The van der Waals surface area contributed by atoms with Crippen LogP contribution in [0.3, 0.4) is 0 Å². The number of piperidine rings is 1. The summed E-state index contributed by atoms with van der Waals surface area (Å²) in [4.78, 5) is 25.2. The number of thiophene rings is 1. The number of amides is 3. The summed E-state index contributed by atoms with van der Waals surface area (Å²) < 4.78 is 25.4. The number of urea groups is 1. The highest BCUT2D eigenvalue weighted by Crippen LogP contribution is 2.36. The number of anilines is 2.